The minimum absolute atomic E-state index is 0.181. The summed E-state index contributed by atoms with van der Waals surface area (Å²) in [4.78, 5) is 15.2. The molecule has 0 aromatic heterocycles. The first kappa shape index (κ1) is 16.4. The Hall–Kier alpha value is -1.07. The highest BCUT2D eigenvalue weighted by Gasteiger charge is 2.38. The molecule has 24 heavy (non-hydrogen) atoms. The smallest absolute Gasteiger partial charge is 0.250 e. The molecule has 2 fully saturated rings. The summed E-state index contributed by atoms with van der Waals surface area (Å²) in [5, 5.41) is 3.30. The Labute approximate surface area is 152 Å². The van der Waals surface area contributed by atoms with Gasteiger partial charge < -0.3 is 4.90 Å². The molecule has 1 saturated carbocycles. The summed E-state index contributed by atoms with van der Waals surface area (Å²) < 4.78 is 0. The number of hydrogen-bond donors (Lipinski definition) is 1. The van der Waals surface area contributed by atoms with Gasteiger partial charge in [-0.1, -0.05) is 41.4 Å². The predicted molar refractivity (Wildman–Crippen MR) is 95.8 cm³/mol. The molecule has 1 saturated heterocycles. The molecular formula is C18H21Cl2N3O. The Kier molecular flexibility index (Phi) is 4.56. The molecule has 0 spiro atoms. The molecular weight excluding hydrogens is 345 g/mol. The van der Waals surface area contributed by atoms with Crippen molar-refractivity contribution in [3.05, 3.63) is 45.5 Å². The van der Waals surface area contributed by atoms with E-state index in [-0.39, 0.29) is 5.91 Å². The van der Waals surface area contributed by atoms with Crippen molar-refractivity contribution >= 4 is 29.1 Å². The van der Waals surface area contributed by atoms with E-state index in [4.69, 9.17) is 23.2 Å². The van der Waals surface area contributed by atoms with Crippen LogP contribution in [0, 0.1) is 5.92 Å². The van der Waals surface area contributed by atoms with Crippen LogP contribution in [0.15, 0.2) is 29.8 Å². The molecule has 2 atom stereocenters. The van der Waals surface area contributed by atoms with Crippen LogP contribution in [-0.2, 0) is 11.3 Å². The second kappa shape index (κ2) is 6.68. The van der Waals surface area contributed by atoms with Gasteiger partial charge in [-0.15, -0.1) is 0 Å². The summed E-state index contributed by atoms with van der Waals surface area (Å²) in [6, 6.07) is 5.97. The summed E-state index contributed by atoms with van der Waals surface area (Å²) >= 11 is 12.5. The average molecular weight is 366 g/mol. The van der Waals surface area contributed by atoms with Gasteiger partial charge in [0.2, 0.25) is 5.91 Å². The maximum absolute atomic E-state index is 13.2. The van der Waals surface area contributed by atoms with E-state index in [9.17, 15) is 4.79 Å². The molecule has 4 rings (SSSR count). The van der Waals surface area contributed by atoms with E-state index in [0.29, 0.717) is 28.5 Å². The first-order valence-electron chi connectivity index (χ1n) is 8.56. The fourth-order valence-electron chi connectivity index (χ4n) is 3.62. The Morgan fingerprint density at radius 1 is 1.29 bits per heavy atom. The number of hydrogen-bond acceptors (Lipinski definition) is 3. The Balaban J connectivity index is 1.57. The Morgan fingerprint density at radius 2 is 2.12 bits per heavy atom. The minimum atomic E-state index is 0.181. The second-order valence-corrected chi connectivity index (χ2v) is 7.62. The molecule has 2 aliphatic heterocycles. The third kappa shape index (κ3) is 3.21. The van der Waals surface area contributed by atoms with Crippen molar-refractivity contribution in [3.63, 3.8) is 0 Å². The quantitative estimate of drug-likeness (QED) is 0.889. The Bertz CT molecular complexity index is 687. The minimum Gasteiger partial charge on any atom is -0.332 e. The fourth-order valence-corrected chi connectivity index (χ4v) is 4.00. The molecule has 2 bridgehead atoms. The zero-order chi connectivity index (χ0) is 16.7. The SMILES string of the molecule is O=C(C1=CCN2CC1CCN2)N(Cc1cccc(Cl)c1Cl)C1CC1. The number of hydrazine groups is 1. The van der Waals surface area contributed by atoms with Gasteiger partial charge in [0.05, 0.1) is 10.0 Å². The van der Waals surface area contributed by atoms with Gasteiger partial charge in [-0.25, -0.2) is 5.01 Å². The first-order valence-corrected chi connectivity index (χ1v) is 9.31. The van der Waals surface area contributed by atoms with Gasteiger partial charge in [0.15, 0.2) is 0 Å². The van der Waals surface area contributed by atoms with Gasteiger partial charge >= 0.3 is 0 Å². The molecule has 0 radical (unpaired) electrons. The number of rotatable bonds is 4. The highest BCUT2D eigenvalue weighted by molar-refractivity contribution is 6.42. The van der Waals surface area contributed by atoms with Crippen molar-refractivity contribution in [2.24, 2.45) is 5.92 Å². The number of nitrogens with one attached hydrogen (secondary N) is 1. The van der Waals surface area contributed by atoms with Crippen LogP contribution in [0.1, 0.15) is 24.8 Å². The van der Waals surface area contributed by atoms with Crippen LogP contribution in [0.3, 0.4) is 0 Å². The number of carbonyl (C=O) groups is 1. The van der Waals surface area contributed by atoms with Crippen molar-refractivity contribution in [2.75, 3.05) is 19.6 Å². The van der Waals surface area contributed by atoms with Crippen LogP contribution in [0.4, 0.5) is 0 Å². The van der Waals surface area contributed by atoms with Crippen molar-refractivity contribution in [1.82, 2.24) is 15.3 Å². The summed E-state index contributed by atoms with van der Waals surface area (Å²) in [6.45, 7) is 3.20. The summed E-state index contributed by atoms with van der Waals surface area (Å²) in [5.74, 6) is 0.517. The van der Waals surface area contributed by atoms with Gasteiger partial charge in [0.25, 0.3) is 0 Å². The van der Waals surface area contributed by atoms with E-state index >= 15 is 0 Å². The van der Waals surface area contributed by atoms with E-state index in [1.807, 2.05) is 17.0 Å². The van der Waals surface area contributed by atoms with Crippen LogP contribution < -0.4 is 5.43 Å². The van der Waals surface area contributed by atoms with Crippen LogP contribution in [0.25, 0.3) is 0 Å². The zero-order valence-corrected chi connectivity index (χ0v) is 15.0. The number of carbonyl (C=O) groups excluding carboxylic acids is 1. The van der Waals surface area contributed by atoms with Crippen molar-refractivity contribution in [2.45, 2.75) is 31.8 Å². The van der Waals surface area contributed by atoms with Crippen LogP contribution in [0.5, 0.6) is 0 Å². The van der Waals surface area contributed by atoms with Crippen LogP contribution in [-0.4, -0.2) is 41.5 Å². The molecule has 1 amide bonds. The lowest BCUT2D eigenvalue weighted by atomic mass is 9.89. The molecule has 1 N–H and O–H groups in total. The molecule has 128 valence electrons. The number of halogens is 2. The normalized spacial score (nSPS) is 26.0. The summed E-state index contributed by atoms with van der Waals surface area (Å²) in [6.07, 6.45) is 5.27. The molecule has 1 aromatic carbocycles. The van der Waals surface area contributed by atoms with Gasteiger partial charge in [0.1, 0.15) is 0 Å². The van der Waals surface area contributed by atoms with Gasteiger partial charge in [-0.05, 0) is 30.9 Å². The van der Waals surface area contributed by atoms with E-state index < -0.39 is 0 Å². The maximum atomic E-state index is 13.2. The van der Waals surface area contributed by atoms with E-state index in [2.05, 4.69) is 16.5 Å². The second-order valence-electron chi connectivity index (χ2n) is 6.84. The lowest BCUT2D eigenvalue weighted by molar-refractivity contribution is -0.129. The molecule has 1 aliphatic carbocycles. The largest absolute Gasteiger partial charge is 0.332 e. The summed E-state index contributed by atoms with van der Waals surface area (Å²) in [7, 11) is 0. The third-order valence-electron chi connectivity index (χ3n) is 5.11. The fraction of sp³-hybridized carbons (Fsp3) is 0.500. The molecule has 4 nitrogen and oxygen atoms in total. The molecule has 1 aromatic rings. The monoisotopic (exact) mass is 365 g/mol. The predicted octanol–water partition coefficient (Wildman–Crippen LogP) is 3.25. The molecule has 6 heteroatoms. The van der Waals surface area contributed by atoms with Gasteiger partial charge in [0, 0.05) is 43.7 Å². The third-order valence-corrected chi connectivity index (χ3v) is 5.97. The van der Waals surface area contributed by atoms with Crippen molar-refractivity contribution < 1.29 is 4.79 Å². The van der Waals surface area contributed by atoms with E-state index in [1.165, 1.54) is 0 Å². The number of amides is 1. The van der Waals surface area contributed by atoms with Crippen molar-refractivity contribution in [1.29, 1.82) is 0 Å². The van der Waals surface area contributed by atoms with Crippen molar-refractivity contribution in [3.8, 4) is 0 Å². The van der Waals surface area contributed by atoms with Gasteiger partial charge in [-0.3, -0.25) is 10.2 Å². The molecule has 3 aliphatic rings. The van der Waals surface area contributed by atoms with Crippen LogP contribution >= 0.6 is 23.2 Å². The summed E-state index contributed by atoms with van der Waals surface area (Å²) in [5.41, 5.74) is 5.27. The highest BCUT2D eigenvalue weighted by Crippen LogP contribution is 2.35. The van der Waals surface area contributed by atoms with Crippen LogP contribution in [0.2, 0.25) is 10.0 Å². The average Bonchev–Trinajstić information content (AvgIpc) is 3.41. The first-order chi connectivity index (χ1) is 11.6. The molecule has 2 heterocycles. The number of nitrogens with zero attached hydrogens (tertiary/aromatic N) is 2. The Morgan fingerprint density at radius 3 is 2.92 bits per heavy atom. The zero-order valence-electron chi connectivity index (χ0n) is 13.5. The highest BCUT2D eigenvalue weighted by atomic mass is 35.5. The number of benzene rings is 1. The topological polar surface area (TPSA) is 35.6 Å². The lowest BCUT2D eigenvalue weighted by Crippen LogP contribution is -2.52. The number of fused-ring (bicyclic) bond motifs is 2. The van der Waals surface area contributed by atoms with E-state index in [1.54, 1.807) is 6.07 Å². The standard InChI is InChI=1S/C18H21Cl2N3O/c19-16-3-1-2-13(17(16)20)11-23(14-4-5-14)18(24)15-7-9-22-10-12(15)6-8-21-22/h1-3,7,12,14,21H,4-6,8-11H2. The molecule has 2 unspecified atom stereocenters. The van der Waals surface area contributed by atoms with E-state index in [0.717, 1.165) is 50.0 Å². The lowest BCUT2D eigenvalue weighted by Gasteiger charge is -2.39. The maximum Gasteiger partial charge on any atom is 0.250 e. The van der Waals surface area contributed by atoms with Gasteiger partial charge in [-0.2, -0.15) is 0 Å².